The van der Waals surface area contributed by atoms with Crippen LogP contribution in [-0.2, 0) is 6.18 Å². The van der Waals surface area contributed by atoms with Crippen LogP contribution in [0.2, 0.25) is 0 Å². The quantitative estimate of drug-likeness (QED) is 0.813. The number of carbonyl (C=O) groups is 1. The summed E-state index contributed by atoms with van der Waals surface area (Å²) < 4.78 is 37.4. The van der Waals surface area contributed by atoms with Crippen LogP contribution in [0, 0.1) is 0 Å². The number of halogens is 3. The number of primary amides is 1. The summed E-state index contributed by atoms with van der Waals surface area (Å²) in [7, 11) is 0. The zero-order valence-electron chi connectivity index (χ0n) is 8.84. The first kappa shape index (κ1) is 12.2. The lowest BCUT2D eigenvalue weighted by molar-refractivity contribution is -0.137. The van der Waals surface area contributed by atoms with Gasteiger partial charge in [-0.05, 0) is 18.2 Å². The van der Waals surface area contributed by atoms with Gasteiger partial charge in [-0.1, -0.05) is 0 Å². The highest BCUT2D eigenvalue weighted by molar-refractivity contribution is 5.96. The molecule has 1 aromatic heterocycles. The minimum Gasteiger partial charge on any atom is -0.365 e. The van der Waals surface area contributed by atoms with E-state index in [2.05, 4.69) is 4.98 Å². The minimum atomic E-state index is -4.49. The average Bonchev–Trinajstić information content (AvgIpc) is 2.27. The predicted molar refractivity (Wildman–Crippen MR) is 58.1 cm³/mol. The molecule has 18 heavy (non-hydrogen) atoms. The molecule has 4 nitrogen and oxygen atoms in total. The van der Waals surface area contributed by atoms with E-state index in [0.717, 1.165) is 24.4 Å². The van der Waals surface area contributed by atoms with Gasteiger partial charge in [0.1, 0.15) is 5.56 Å². The SMILES string of the molecule is NC(=O)c1c[nH]c2cc(C(F)(F)F)ccc2c1=O. The van der Waals surface area contributed by atoms with Gasteiger partial charge in [-0.15, -0.1) is 0 Å². The number of benzene rings is 1. The van der Waals surface area contributed by atoms with E-state index in [1.165, 1.54) is 0 Å². The van der Waals surface area contributed by atoms with E-state index in [-0.39, 0.29) is 16.5 Å². The largest absolute Gasteiger partial charge is 0.416 e. The summed E-state index contributed by atoms with van der Waals surface area (Å²) in [5, 5.41) is -0.0145. The number of carbonyl (C=O) groups excluding carboxylic acids is 1. The van der Waals surface area contributed by atoms with Crippen LogP contribution in [0.5, 0.6) is 0 Å². The monoisotopic (exact) mass is 256 g/mol. The lowest BCUT2D eigenvalue weighted by atomic mass is 10.1. The molecule has 0 saturated heterocycles. The van der Waals surface area contributed by atoms with Gasteiger partial charge in [-0.2, -0.15) is 13.2 Å². The second-order valence-electron chi connectivity index (χ2n) is 3.65. The van der Waals surface area contributed by atoms with Crippen molar-refractivity contribution in [1.29, 1.82) is 0 Å². The van der Waals surface area contributed by atoms with Gasteiger partial charge in [-0.25, -0.2) is 0 Å². The number of aromatic amines is 1. The molecule has 94 valence electrons. The number of pyridine rings is 1. The van der Waals surface area contributed by atoms with Gasteiger partial charge >= 0.3 is 6.18 Å². The van der Waals surface area contributed by atoms with Crippen molar-refractivity contribution in [1.82, 2.24) is 4.98 Å². The Morgan fingerprint density at radius 2 is 1.94 bits per heavy atom. The molecule has 1 aromatic carbocycles. The normalized spacial score (nSPS) is 11.7. The van der Waals surface area contributed by atoms with E-state index in [1.54, 1.807) is 0 Å². The van der Waals surface area contributed by atoms with Crippen molar-refractivity contribution in [3.05, 3.63) is 45.7 Å². The fourth-order valence-electron chi connectivity index (χ4n) is 1.58. The Hall–Kier alpha value is -2.31. The van der Waals surface area contributed by atoms with Crippen LogP contribution in [0.4, 0.5) is 13.2 Å². The van der Waals surface area contributed by atoms with Crippen LogP contribution in [-0.4, -0.2) is 10.9 Å². The number of rotatable bonds is 1. The Morgan fingerprint density at radius 1 is 1.28 bits per heavy atom. The van der Waals surface area contributed by atoms with E-state index in [0.29, 0.717) is 0 Å². The summed E-state index contributed by atoms with van der Waals surface area (Å²) in [5.41, 5.74) is 3.11. The molecule has 0 saturated carbocycles. The lowest BCUT2D eigenvalue weighted by Crippen LogP contribution is -2.22. The molecule has 2 rings (SSSR count). The van der Waals surface area contributed by atoms with Gasteiger partial charge in [0.15, 0.2) is 0 Å². The first-order valence-corrected chi connectivity index (χ1v) is 4.83. The van der Waals surface area contributed by atoms with Crippen molar-refractivity contribution < 1.29 is 18.0 Å². The smallest absolute Gasteiger partial charge is 0.365 e. The molecule has 3 N–H and O–H groups in total. The van der Waals surface area contributed by atoms with Crippen molar-refractivity contribution in [3.63, 3.8) is 0 Å². The van der Waals surface area contributed by atoms with Crippen LogP contribution in [0.25, 0.3) is 10.9 Å². The van der Waals surface area contributed by atoms with Crippen molar-refractivity contribution in [2.45, 2.75) is 6.18 Å². The van der Waals surface area contributed by atoms with E-state index in [9.17, 15) is 22.8 Å². The summed E-state index contributed by atoms with van der Waals surface area (Å²) in [5.74, 6) is -0.932. The van der Waals surface area contributed by atoms with Crippen LogP contribution in [0.1, 0.15) is 15.9 Å². The van der Waals surface area contributed by atoms with Crippen LogP contribution in [0.15, 0.2) is 29.2 Å². The minimum absolute atomic E-state index is 0.000162. The molecule has 1 heterocycles. The maximum atomic E-state index is 12.5. The number of hydrogen-bond donors (Lipinski definition) is 2. The second kappa shape index (κ2) is 3.86. The standard InChI is InChI=1S/C11H7F3N2O2/c12-11(13,14)5-1-2-6-8(3-5)16-4-7(9(6)17)10(15)18/h1-4H,(H2,15,18)(H,16,17). The Kier molecular flexibility index (Phi) is 2.61. The van der Waals surface area contributed by atoms with Crippen molar-refractivity contribution in [2.75, 3.05) is 0 Å². The highest BCUT2D eigenvalue weighted by Gasteiger charge is 2.30. The van der Waals surface area contributed by atoms with Crippen molar-refractivity contribution in [3.8, 4) is 0 Å². The Labute approximate surface area is 98.2 Å². The first-order chi connectivity index (χ1) is 8.30. The zero-order chi connectivity index (χ0) is 13.5. The molecule has 0 atom stereocenters. The summed E-state index contributed by atoms with van der Waals surface area (Å²) >= 11 is 0. The number of nitrogens with one attached hydrogen (secondary N) is 1. The van der Waals surface area contributed by atoms with Gasteiger partial charge < -0.3 is 10.7 Å². The van der Waals surface area contributed by atoms with Crippen LogP contribution in [0.3, 0.4) is 0 Å². The van der Waals surface area contributed by atoms with Gasteiger partial charge in [0.05, 0.1) is 5.56 Å². The number of nitrogens with two attached hydrogens (primary N) is 1. The second-order valence-corrected chi connectivity index (χ2v) is 3.65. The first-order valence-electron chi connectivity index (χ1n) is 4.83. The van der Waals surface area contributed by atoms with Crippen LogP contribution < -0.4 is 11.2 Å². The van der Waals surface area contributed by atoms with Crippen LogP contribution >= 0.6 is 0 Å². The van der Waals surface area contributed by atoms with E-state index < -0.39 is 23.1 Å². The Bertz CT molecular complexity index is 689. The molecule has 0 spiro atoms. The molecule has 0 aliphatic heterocycles. The highest BCUT2D eigenvalue weighted by atomic mass is 19.4. The number of amides is 1. The molecule has 2 aromatic rings. The van der Waals surface area contributed by atoms with Crippen molar-refractivity contribution >= 4 is 16.8 Å². The third-order valence-electron chi connectivity index (χ3n) is 2.47. The van der Waals surface area contributed by atoms with Crippen molar-refractivity contribution in [2.24, 2.45) is 5.73 Å². The summed E-state index contributed by atoms with van der Waals surface area (Å²) in [4.78, 5) is 25.1. The molecule has 0 radical (unpaired) electrons. The average molecular weight is 256 g/mol. The number of H-pyrrole nitrogens is 1. The fourth-order valence-corrected chi connectivity index (χ4v) is 1.58. The number of alkyl halides is 3. The van der Waals surface area contributed by atoms with E-state index in [1.807, 2.05) is 0 Å². The topological polar surface area (TPSA) is 76.0 Å². The molecular formula is C11H7F3N2O2. The molecule has 0 aliphatic rings. The maximum absolute atomic E-state index is 12.5. The van der Waals surface area contributed by atoms with Gasteiger partial charge in [0.2, 0.25) is 5.43 Å². The number of aromatic nitrogens is 1. The predicted octanol–water partition coefficient (Wildman–Crippen LogP) is 1.65. The highest BCUT2D eigenvalue weighted by Crippen LogP contribution is 2.30. The van der Waals surface area contributed by atoms with Gasteiger partial charge in [0.25, 0.3) is 5.91 Å². The van der Waals surface area contributed by atoms with E-state index >= 15 is 0 Å². The summed E-state index contributed by atoms with van der Waals surface area (Å²) in [6, 6.07) is 2.60. The molecule has 1 amide bonds. The molecule has 0 aliphatic carbocycles. The zero-order valence-corrected chi connectivity index (χ0v) is 8.84. The number of hydrogen-bond acceptors (Lipinski definition) is 2. The molecular weight excluding hydrogens is 249 g/mol. The Morgan fingerprint density at radius 3 is 2.50 bits per heavy atom. The Balaban J connectivity index is 2.73. The fraction of sp³-hybridized carbons (Fsp3) is 0.0909. The molecule has 0 unspecified atom stereocenters. The summed E-state index contributed by atoms with van der Waals surface area (Å²) in [6.07, 6.45) is -3.49. The van der Waals surface area contributed by atoms with Gasteiger partial charge in [-0.3, -0.25) is 9.59 Å². The molecule has 7 heteroatoms. The van der Waals surface area contributed by atoms with Gasteiger partial charge in [0, 0.05) is 17.1 Å². The summed E-state index contributed by atoms with van der Waals surface area (Å²) in [6.45, 7) is 0. The third-order valence-corrected chi connectivity index (χ3v) is 2.47. The molecule has 0 fully saturated rings. The number of fused-ring (bicyclic) bond motifs is 1. The van der Waals surface area contributed by atoms with E-state index in [4.69, 9.17) is 5.73 Å². The third kappa shape index (κ3) is 1.94. The lowest BCUT2D eigenvalue weighted by Gasteiger charge is -2.07. The molecule has 0 bridgehead atoms. The maximum Gasteiger partial charge on any atom is 0.416 e.